The van der Waals surface area contributed by atoms with E-state index >= 15 is 0 Å². The second-order valence-corrected chi connectivity index (χ2v) is 9.51. The van der Waals surface area contributed by atoms with Crippen molar-refractivity contribution in [2.75, 3.05) is 0 Å². The van der Waals surface area contributed by atoms with Crippen LogP contribution < -0.4 is 10.6 Å². The number of aliphatic hydroxyl groups excluding tert-OH is 1. The molecule has 4 N–H and O–H groups in total. The summed E-state index contributed by atoms with van der Waals surface area (Å²) in [5.41, 5.74) is 3.32. The summed E-state index contributed by atoms with van der Waals surface area (Å²) < 4.78 is 0. The van der Waals surface area contributed by atoms with Gasteiger partial charge in [-0.05, 0) is 35.7 Å². The van der Waals surface area contributed by atoms with Crippen molar-refractivity contribution >= 4 is 57.3 Å². The number of nitrogens with zero attached hydrogens (tertiary/aromatic N) is 1. The minimum Gasteiger partial charge on any atom is -0.389 e. The second-order valence-electron chi connectivity index (χ2n) is 7.76. The van der Waals surface area contributed by atoms with Gasteiger partial charge in [0.05, 0.1) is 28.7 Å². The molecule has 0 saturated heterocycles. The summed E-state index contributed by atoms with van der Waals surface area (Å²) in [6.07, 6.45) is 0.573. The Morgan fingerprint density at radius 2 is 1.91 bits per heavy atom. The van der Waals surface area contributed by atoms with Crippen molar-refractivity contribution in [1.29, 1.82) is 0 Å². The van der Waals surface area contributed by atoms with Gasteiger partial charge in [-0.15, -0.1) is 11.3 Å². The number of carbonyl (C=O) groups excluding carboxylic acids is 2. The summed E-state index contributed by atoms with van der Waals surface area (Å²) in [6, 6.07) is 12.1. The first-order chi connectivity index (χ1) is 15.9. The third-order valence-corrected chi connectivity index (χ3v) is 7.22. The summed E-state index contributed by atoms with van der Waals surface area (Å²) in [6.45, 7) is -0.218. The fourth-order valence-corrected chi connectivity index (χ4v) is 5.07. The van der Waals surface area contributed by atoms with Crippen molar-refractivity contribution in [2.24, 2.45) is 0 Å². The van der Waals surface area contributed by atoms with E-state index < -0.39 is 6.04 Å². The Morgan fingerprint density at radius 1 is 1.12 bits per heavy atom. The summed E-state index contributed by atoms with van der Waals surface area (Å²) in [7, 11) is 0. The summed E-state index contributed by atoms with van der Waals surface area (Å²) in [5.74, 6) is -0.659. The number of hydrogen-bond donors (Lipinski definition) is 4. The van der Waals surface area contributed by atoms with E-state index in [0.717, 1.165) is 16.5 Å². The predicted molar refractivity (Wildman–Crippen MR) is 128 cm³/mol. The number of fused-ring (bicyclic) bond motifs is 2. The quantitative estimate of drug-likeness (QED) is 0.328. The van der Waals surface area contributed by atoms with Crippen LogP contribution in [0.1, 0.15) is 43.2 Å². The van der Waals surface area contributed by atoms with E-state index in [0.29, 0.717) is 32.7 Å². The number of hydrogen-bond acceptors (Lipinski definition) is 5. The van der Waals surface area contributed by atoms with Gasteiger partial charge in [-0.25, -0.2) is 4.98 Å². The van der Waals surface area contributed by atoms with Gasteiger partial charge in [0.1, 0.15) is 16.4 Å². The van der Waals surface area contributed by atoms with Gasteiger partial charge in [0.2, 0.25) is 0 Å². The molecule has 0 spiro atoms. The van der Waals surface area contributed by atoms with Crippen molar-refractivity contribution in [3.8, 4) is 0 Å². The lowest BCUT2D eigenvalue weighted by atomic mass is 10.1. The molecule has 2 atom stereocenters. The maximum atomic E-state index is 13.1. The molecule has 5 rings (SSSR count). The van der Waals surface area contributed by atoms with Crippen LogP contribution in [0.4, 0.5) is 0 Å². The summed E-state index contributed by atoms with van der Waals surface area (Å²) in [4.78, 5) is 33.1. The van der Waals surface area contributed by atoms with Crippen LogP contribution in [0.3, 0.4) is 0 Å². The average molecular weight is 501 g/mol. The number of thiazole rings is 1. The Bertz CT molecular complexity index is 1340. The molecule has 0 bridgehead atoms. The van der Waals surface area contributed by atoms with E-state index in [-0.39, 0.29) is 30.2 Å². The van der Waals surface area contributed by atoms with E-state index in [1.165, 1.54) is 11.3 Å². The van der Waals surface area contributed by atoms with Gasteiger partial charge in [0.25, 0.3) is 11.8 Å². The molecule has 4 aromatic rings. The number of amides is 2. The molecule has 0 radical (unpaired) electrons. The number of rotatable bonds is 5. The molecule has 0 unspecified atom stereocenters. The van der Waals surface area contributed by atoms with Crippen LogP contribution in [0.15, 0.2) is 47.8 Å². The summed E-state index contributed by atoms with van der Waals surface area (Å²) in [5, 5.41) is 18.9. The number of H-pyrrole nitrogens is 1. The van der Waals surface area contributed by atoms with Gasteiger partial charge in [0, 0.05) is 16.3 Å². The number of aromatic nitrogens is 2. The largest absolute Gasteiger partial charge is 0.389 e. The molecule has 33 heavy (non-hydrogen) atoms. The smallest absolute Gasteiger partial charge is 0.271 e. The zero-order valence-electron chi connectivity index (χ0n) is 17.1. The zero-order valence-corrected chi connectivity index (χ0v) is 19.4. The Morgan fingerprint density at radius 3 is 2.70 bits per heavy atom. The molecule has 168 valence electrons. The van der Waals surface area contributed by atoms with E-state index in [9.17, 15) is 14.7 Å². The van der Waals surface area contributed by atoms with Crippen molar-refractivity contribution in [1.82, 2.24) is 20.6 Å². The predicted octanol–water partition coefficient (Wildman–Crippen LogP) is 4.25. The third-order valence-electron chi connectivity index (χ3n) is 5.66. The van der Waals surface area contributed by atoms with E-state index in [2.05, 4.69) is 20.6 Å². The van der Waals surface area contributed by atoms with Gasteiger partial charge in [-0.3, -0.25) is 9.59 Å². The second kappa shape index (κ2) is 8.79. The number of aliphatic hydroxyl groups is 1. The molecule has 0 saturated carbocycles. The van der Waals surface area contributed by atoms with Gasteiger partial charge < -0.3 is 20.7 Å². The zero-order chi connectivity index (χ0) is 23.1. The highest BCUT2D eigenvalue weighted by molar-refractivity contribution is 7.09. The Labute approximate surface area is 202 Å². The van der Waals surface area contributed by atoms with Crippen LogP contribution >= 0.6 is 34.5 Å². The van der Waals surface area contributed by atoms with Crippen molar-refractivity contribution in [2.45, 2.75) is 25.1 Å². The monoisotopic (exact) mass is 500 g/mol. The number of aromatic amines is 1. The van der Waals surface area contributed by atoms with Gasteiger partial charge in [-0.1, -0.05) is 47.5 Å². The normalized spacial score (nSPS) is 17.2. The number of nitrogens with one attached hydrogen (secondary N) is 3. The molecule has 7 nitrogen and oxygen atoms in total. The minimum absolute atomic E-state index is 0.218. The van der Waals surface area contributed by atoms with Gasteiger partial charge >= 0.3 is 0 Å². The molecule has 0 fully saturated rings. The minimum atomic E-state index is -0.426. The molecule has 1 aliphatic carbocycles. The van der Waals surface area contributed by atoms with E-state index in [1.807, 2.05) is 24.3 Å². The molecule has 2 aromatic carbocycles. The molecular formula is C23H18Cl2N4O3S. The Balaban J connectivity index is 1.39. The molecule has 2 heterocycles. The first kappa shape index (κ1) is 21.9. The van der Waals surface area contributed by atoms with Crippen LogP contribution in [0.25, 0.3) is 10.9 Å². The van der Waals surface area contributed by atoms with Crippen molar-refractivity contribution in [3.05, 3.63) is 85.4 Å². The molecular weight excluding hydrogens is 483 g/mol. The van der Waals surface area contributed by atoms with Crippen LogP contribution in [0, 0.1) is 0 Å². The number of carbonyl (C=O) groups is 2. The van der Waals surface area contributed by atoms with Crippen LogP contribution in [0.2, 0.25) is 10.0 Å². The van der Waals surface area contributed by atoms with Crippen molar-refractivity contribution in [3.63, 3.8) is 0 Å². The molecule has 1 aliphatic rings. The fraction of sp³-hybridized carbons (Fsp3) is 0.174. The SMILES string of the molecule is O=C(N[C@@H]1c2ccccc2C[C@H]1NC(=O)c1cc2cc(Cl)c(Cl)cc2[nH]1)c1csc(CO)n1. The van der Waals surface area contributed by atoms with E-state index in [1.54, 1.807) is 23.6 Å². The lowest BCUT2D eigenvalue weighted by Crippen LogP contribution is -2.44. The number of halogens is 2. The lowest BCUT2D eigenvalue weighted by Gasteiger charge is -2.22. The molecule has 2 amide bonds. The fourth-order valence-electron chi connectivity index (χ4n) is 4.11. The molecule has 2 aromatic heterocycles. The van der Waals surface area contributed by atoms with Crippen molar-refractivity contribution < 1.29 is 14.7 Å². The van der Waals surface area contributed by atoms with Crippen LogP contribution in [-0.4, -0.2) is 32.9 Å². The topological polar surface area (TPSA) is 107 Å². The highest BCUT2D eigenvalue weighted by Crippen LogP contribution is 2.32. The van der Waals surface area contributed by atoms with Crippen LogP contribution in [0.5, 0.6) is 0 Å². The van der Waals surface area contributed by atoms with Gasteiger partial charge in [-0.2, -0.15) is 0 Å². The highest BCUT2D eigenvalue weighted by atomic mass is 35.5. The molecule has 0 aliphatic heterocycles. The van der Waals surface area contributed by atoms with Crippen LogP contribution in [-0.2, 0) is 13.0 Å². The average Bonchev–Trinajstić information content (AvgIpc) is 3.52. The van der Waals surface area contributed by atoms with Gasteiger partial charge in [0.15, 0.2) is 0 Å². The maximum absolute atomic E-state index is 13.1. The maximum Gasteiger partial charge on any atom is 0.271 e. The van der Waals surface area contributed by atoms with E-state index in [4.69, 9.17) is 23.2 Å². The first-order valence-corrected chi connectivity index (χ1v) is 11.8. The third kappa shape index (κ3) is 4.22. The summed E-state index contributed by atoms with van der Waals surface area (Å²) >= 11 is 13.4. The number of benzene rings is 2. The Kier molecular flexibility index (Phi) is 5.84. The Hall–Kier alpha value is -2.91. The standard InChI is InChI=1S/C23H18Cl2N4O3S/c24-14-5-12-7-18(26-16(12)8-15(14)25)22(31)28-17-6-11-3-1-2-4-13(11)21(17)29-23(32)19-10-33-20(9-30)27-19/h1-5,7-8,10,17,21,26,30H,6,9H2,(H,28,31)(H,29,32)/t17-,21-/m1/s1. The molecule has 10 heteroatoms. The first-order valence-electron chi connectivity index (χ1n) is 10.2. The lowest BCUT2D eigenvalue weighted by molar-refractivity contribution is 0.0883. The highest BCUT2D eigenvalue weighted by Gasteiger charge is 2.35.